The lowest BCUT2D eigenvalue weighted by Gasteiger charge is -2.41. The normalized spacial score (nSPS) is 28.6. The molecule has 0 spiro atoms. The molecule has 0 radical (unpaired) electrons. The van der Waals surface area contributed by atoms with E-state index in [0.717, 1.165) is 39.1 Å². The Labute approximate surface area is 121 Å². The predicted octanol–water partition coefficient (Wildman–Crippen LogP) is -0.280. The highest BCUT2D eigenvalue weighted by Crippen LogP contribution is 2.20. The molecule has 6 nitrogen and oxygen atoms in total. The summed E-state index contributed by atoms with van der Waals surface area (Å²) in [4.78, 5) is 14.5. The van der Waals surface area contributed by atoms with Crippen LogP contribution in [0.5, 0.6) is 0 Å². The van der Waals surface area contributed by atoms with Crippen molar-refractivity contribution in [2.45, 2.75) is 44.4 Å². The molecular weight excluding hydrogens is 258 g/mol. The van der Waals surface area contributed by atoms with E-state index in [1.807, 2.05) is 0 Å². The van der Waals surface area contributed by atoms with E-state index < -0.39 is 0 Å². The molecule has 1 amide bonds. The molecule has 2 rings (SSSR count). The van der Waals surface area contributed by atoms with Crippen LogP contribution in [0.1, 0.15) is 26.7 Å². The fourth-order valence-electron chi connectivity index (χ4n) is 2.77. The number of ether oxygens (including phenoxy) is 2. The van der Waals surface area contributed by atoms with Gasteiger partial charge in [0.05, 0.1) is 19.3 Å². The number of hydrogen-bond donors (Lipinski definition) is 2. The Morgan fingerprint density at radius 1 is 1.35 bits per heavy atom. The van der Waals surface area contributed by atoms with Crippen LogP contribution in [0.4, 0.5) is 0 Å². The number of nitrogens with two attached hydrogens (primary N) is 1. The summed E-state index contributed by atoms with van der Waals surface area (Å²) in [6.45, 7) is 8.77. The lowest BCUT2D eigenvalue weighted by Crippen LogP contribution is -2.56. The molecule has 2 saturated heterocycles. The number of carbonyl (C=O) groups excluding carboxylic acids is 1. The van der Waals surface area contributed by atoms with Gasteiger partial charge in [-0.15, -0.1) is 0 Å². The van der Waals surface area contributed by atoms with Crippen LogP contribution in [0.3, 0.4) is 0 Å². The van der Waals surface area contributed by atoms with E-state index in [2.05, 4.69) is 24.1 Å². The van der Waals surface area contributed by atoms with Gasteiger partial charge < -0.3 is 20.5 Å². The molecule has 116 valence electrons. The summed E-state index contributed by atoms with van der Waals surface area (Å²) >= 11 is 0. The summed E-state index contributed by atoms with van der Waals surface area (Å²) in [6.07, 6.45) is 1.36. The first-order valence-corrected chi connectivity index (χ1v) is 7.49. The largest absolute Gasteiger partial charge is 0.379 e. The van der Waals surface area contributed by atoms with Gasteiger partial charge in [0.2, 0.25) is 5.91 Å². The highest BCUT2D eigenvalue weighted by molar-refractivity contribution is 5.81. The molecule has 20 heavy (non-hydrogen) atoms. The summed E-state index contributed by atoms with van der Waals surface area (Å²) in [5.41, 5.74) is 5.50. The van der Waals surface area contributed by atoms with Crippen molar-refractivity contribution in [3.63, 3.8) is 0 Å². The van der Waals surface area contributed by atoms with Crippen molar-refractivity contribution in [3.8, 4) is 0 Å². The number of hydrogen-bond acceptors (Lipinski definition) is 5. The first kappa shape index (κ1) is 15.7. The molecule has 0 aromatic carbocycles. The first-order chi connectivity index (χ1) is 9.53. The number of rotatable bonds is 5. The molecule has 6 heteroatoms. The molecule has 2 fully saturated rings. The summed E-state index contributed by atoms with van der Waals surface area (Å²) in [7, 11) is 0. The number of morpholine rings is 1. The van der Waals surface area contributed by atoms with Crippen molar-refractivity contribution >= 4 is 5.91 Å². The lowest BCUT2D eigenvalue weighted by atomic mass is 10.0. The molecule has 0 bridgehead atoms. The molecule has 0 unspecified atom stereocenters. The maximum Gasteiger partial charge on any atom is 0.249 e. The van der Waals surface area contributed by atoms with E-state index in [-0.39, 0.29) is 23.7 Å². The second kappa shape index (κ2) is 6.85. The van der Waals surface area contributed by atoms with Crippen molar-refractivity contribution in [2.24, 2.45) is 5.73 Å². The fraction of sp³-hybridized carbons (Fsp3) is 0.929. The average Bonchev–Trinajstić information content (AvgIpc) is 2.95. The Kier molecular flexibility index (Phi) is 5.37. The molecule has 3 N–H and O–H groups in total. The zero-order valence-corrected chi connectivity index (χ0v) is 12.6. The Morgan fingerprint density at radius 3 is 2.65 bits per heavy atom. The lowest BCUT2D eigenvalue weighted by molar-refractivity contribution is -0.132. The quantitative estimate of drug-likeness (QED) is 0.726. The van der Waals surface area contributed by atoms with E-state index in [1.54, 1.807) is 0 Å². The van der Waals surface area contributed by atoms with E-state index in [1.165, 1.54) is 0 Å². The van der Waals surface area contributed by atoms with Gasteiger partial charge >= 0.3 is 0 Å². The van der Waals surface area contributed by atoms with Crippen LogP contribution >= 0.6 is 0 Å². The highest BCUT2D eigenvalue weighted by atomic mass is 16.5. The molecule has 0 saturated carbocycles. The summed E-state index contributed by atoms with van der Waals surface area (Å²) in [5.74, 6) is -0.0118. The van der Waals surface area contributed by atoms with Crippen LogP contribution in [0.2, 0.25) is 0 Å². The van der Waals surface area contributed by atoms with Gasteiger partial charge in [-0.3, -0.25) is 9.69 Å². The van der Waals surface area contributed by atoms with Crippen LogP contribution in [0.15, 0.2) is 0 Å². The fourth-order valence-corrected chi connectivity index (χ4v) is 2.77. The van der Waals surface area contributed by atoms with Gasteiger partial charge in [-0.25, -0.2) is 0 Å². The maximum atomic E-state index is 12.1. The van der Waals surface area contributed by atoms with Crippen molar-refractivity contribution in [1.29, 1.82) is 0 Å². The minimum Gasteiger partial charge on any atom is -0.379 e. The second-order valence-corrected chi connectivity index (χ2v) is 6.19. The van der Waals surface area contributed by atoms with E-state index in [4.69, 9.17) is 15.2 Å². The van der Waals surface area contributed by atoms with E-state index in [0.29, 0.717) is 13.1 Å². The standard InChI is InChI=1S/C14H27N3O3/c1-14(2,17-5-7-19-8-6-17)10-16-13(18)12-4-3-11(9-15)20-12/h11-12H,3-10,15H2,1-2H3,(H,16,18)/t11-,12+/m1/s1. The van der Waals surface area contributed by atoms with Gasteiger partial charge in [0, 0.05) is 31.7 Å². The minimum absolute atomic E-state index is 0.0118. The van der Waals surface area contributed by atoms with Gasteiger partial charge in [0.15, 0.2) is 0 Å². The molecule has 2 heterocycles. The third-order valence-corrected chi connectivity index (χ3v) is 4.23. The molecule has 0 aromatic rings. The summed E-state index contributed by atoms with van der Waals surface area (Å²) < 4.78 is 11.0. The minimum atomic E-state index is -0.330. The van der Waals surface area contributed by atoms with Gasteiger partial charge in [0.1, 0.15) is 6.10 Å². The zero-order chi connectivity index (χ0) is 14.6. The first-order valence-electron chi connectivity index (χ1n) is 7.49. The monoisotopic (exact) mass is 285 g/mol. The SMILES string of the molecule is CC(C)(CNC(=O)[C@@H]1CC[C@H](CN)O1)N1CCOCC1. The Balaban J connectivity index is 1.77. The molecule has 0 aliphatic carbocycles. The van der Waals surface area contributed by atoms with Crippen LogP contribution in [-0.4, -0.2) is 67.9 Å². The maximum absolute atomic E-state index is 12.1. The average molecular weight is 285 g/mol. The molecular formula is C14H27N3O3. The number of nitrogens with one attached hydrogen (secondary N) is 1. The van der Waals surface area contributed by atoms with Crippen LogP contribution in [-0.2, 0) is 14.3 Å². The highest BCUT2D eigenvalue weighted by Gasteiger charge is 2.32. The molecule has 2 aliphatic rings. The molecule has 0 aromatic heterocycles. The zero-order valence-electron chi connectivity index (χ0n) is 12.6. The Morgan fingerprint density at radius 2 is 2.05 bits per heavy atom. The third-order valence-electron chi connectivity index (χ3n) is 4.23. The van der Waals surface area contributed by atoms with Crippen molar-refractivity contribution < 1.29 is 14.3 Å². The number of carbonyl (C=O) groups is 1. The Bertz CT molecular complexity index is 330. The predicted molar refractivity (Wildman–Crippen MR) is 76.4 cm³/mol. The van der Waals surface area contributed by atoms with Crippen LogP contribution in [0, 0.1) is 0 Å². The van der Waals surface area contributed by atoms with Crippen LogP contribution in [0.25, 0.3) is 0 Å². The van der Waals surface area contributed by atoms with Gasteiger partial charge in [-0.05, 0) is 26.7 Å². The second-order valence-electron chi connectivity index (χ2n) is 6.19. The molecule has 2 atom stereocenters. The number of amides is 1. The van der Waals surface area contributed by atoms with Gasteiger partial charge in [-0.1, -0.05) is 0 Å². The molecule has 2 aliphatic heterocycles. The third kappa shape index (κ3) is 3.91. The van der Waals surface area contributed by atoms with Crippen molar-refractivity contribution in [3.05, 3.63) is 0 Å². The van der Waals surface area contributed by atoms with Crippen LogP contribution < -0.4 is 11.1 Å². The summed E-state index contributed by atoms with van der Waals surface area (Å²) in [5, 5.41) is 3.02. The van der Waals surface area contributed by atoms with Gasteiger partial charge in [-0.2, -0.15) is 0 Å². The van der Waals surface area contributed by atoms with Gasteiger partial charge in [0.25, 0.3) is 0 Å². The van der Waals surface area contributed by atoms with E-state index >= 15 is 0 Å². The van der Waals surface area contributed by atoms with Crippen molar-refractivity contribution in [1.82, 2.24) is 10.2 Å². The Hall–Kier alpha value is -0.690. The number of nitrogens with zero attached hydrogens (tertiary/aromatic N) is 1. The van der Waals surface area contributed by atoms with E-state index in [9.17, 15) is 4.79 Å². The summed E-state index contributed by atoms with van der Waals surface area (Å²) in [6, 6.07) is 0. The smallest absolute Gasteiger partial charge is 0.249 e. The van der Waals surface area contributed by atoms with Crippen molar-refractivity contribution in [2.75, 3.05) is 39.4 Å². The topological polar surface area (TPSA) is 76.8 Å².